The molecule has 0 aromatic heterocycles. The molecule has 1 saturated carbocycles. The first-order valence-corrected chi connectivity index (χ1v) is 5.76. The van der Waals surface area contributed by atoms with Crippen molar-refractivity contribution in [3.05, 3.63) is 0 Å². The monoisotopic (exact) mass is 238 g/mol. The summed E-state index contributed by atoms with van der Waals surface area (Å²) in [6, 6.07) is 0. The molecule has 1 fully saturated rings. The Hall–Kier alpha value is -1.72. The van der Waals surface area contributed by atoms with Gasteiger partial charge in [0.05, 0.1) is 11.4 Å². The average Bonchev–Trinajstić information content (AvgIpc) is 2.48. The van der Waals surface area contributed by atoms with E-state index >= 15 is 0 Å². The van der Waals surface area contributed by atoms with Gasteiger partial charge in [0.1, 0.15) is 0 Å². The molecule has 0 unspecified atom stereocenters. The molecule has 0 saturated heterocycles. The van der Waals surface area contributed by atoms with Gasteiger partial charge < -0.3 is 0 Å². The molecule has 2 amide bonds. The molecule has 6 heteroatoms. The predicted molar refractivity (Wildman–Crippen MR) is 65.6 cm³/mol. The lowest BCUT2D eigenvalue weighted by atomic mass is 10.1. The summed E-state index contributed by atoms with van der Waals surface area (Å²) >= 11 is 0. The van der Waals surface area contributed by atoms with E-state index < -0.39 is 0 Å². The fraction of sp³-hybridized carbons (Fsp3) is 0.636. The smallest absolute Gasteiger partial charge is 0.236 e. The van der Waals surface area contributed by atoms with Crippen molar-refractivity contribution in [2.24, 2.45) is 10.2 Å². The molecule has 0 radical (unpaired) electrons. The zero-order chi connectivity index (χ0) is 12.7. The van der Waals surface area contributed by atoms with E-state index in [9.17, 15) is 9.59 Å². The van der Waals surface area contributed by atoms with E-state index in [0.29, 0.717) is 0 Å². The van der Waals surface area contributed by atoms with Gasteiger partial charge in [-0.15, -0.1) is 0 Å². The topological polar surface area (TPSA) is 82.9 Å². The van der Waals surface area contributed by atoms with Crippen LogP contribution in [0.3, 0.4) is 0 Å². The van der Waals surface area contributed by atoms with Gasteiger partial charge in [0.25, 0.3) is 0 Å². The fourth-order valence-corrected chi connectivity index (χ4v) is 1.58. The van der Waals surface area contributed by atoms with E-state index in [-0.39, 0.29) is 11.8 Å². The van der Waals surface area contributed by atoms with Gasteiger partial charge in [0.15, 0.2) is 0 Å². The van der Waals surface area contributed by atoms with E-state index in [2.05, 4.69) is 21.1 Å². The van der Waals surface area contributed by atoms with Gasteiger partial charge in [-0.1, -0.05) is 6.42 Å². The Bertz CT molecular complexity index is 326. The fourth-order valence-electron chi connectivity index (χ4n) is 1.58. The SMILES string of the molecule is CC(=O)N/N=C1\CCCCC\C1=N/NC(C)=O. The van der Waals surface area contributed by atoms with Gasteiger partial charge in [-0.05, 0) is 25.7 Å². The van der Waals surface area contributed by atoms with Crippen LogP contribution in [-0.4, -0.2) is 23.2 Å². The van der Waals surface area contributed by atoms with Crippen LogP contribution in [0.5, 0.6) is 0 Å². The number of rotatable bonds is 2. The lowest BCUT2D eigenvalue weighted by Crippen LogP contribution is -2.24. The zero-order valence-electron chi connectivity index (χ0n) is 10.2. The number of hydrazone groups is 2. The van der Waals surface area contributed by atoms with E-state index in [0.717, 1.165) is 43.5 Å². The Morgan fingerprint density at radius 3 is 1.65 bits per heavy atom. The number of hydrogen-bond acceptors (Lipinski definition) is 4. The van der Waals surface area contributed by atoms with Gasteiger partial charge in [-0.25, -0.2) is 10.9 Å². The highest BCUT2D eigenvalue weighted by molar-refractivity contribution is 6.42. The Morgan fingerprint density at radius 2 is 1.29 bits per heavy atom. The lowest BCUT2D eigenvalue weighted by Gasteiger charge is -2.05. The summed E-state index contributed by atoms with van der Waals surface area (Å²) in [5.41, 5.74) is 6.34. The van der Waals surface area contributed by atoms with Crippen LogP contribution in [0.25, 0.3) is 0 Å². The van der Waals surface area contributed by atoms with E-state index in [1.165, 1.54) is 13.8 Å². The van der Waals surface area contributed by atoms with Gasteiger partial charge >= 0.3 is 0 Å². The van der Waals surface area contributed by atoms with Crippen LogP contribution in [0, 0.1) is 0 Å². The van der Waals surface area contributed by atoms with Crippen LogP contribution in [0.15, 0.2) is 10.2 Å². The quantitative estimate of drug-likeness (QED) is 0.554. The molecule has 0 atom stereocenters. The molecular weight excluding hydrogens is 220 g/mol. The van der Waals surface area contributed by atoms with Gasteiger partial charge in [0, 0.05) is 13.8 Å². The molecule has 0 aromatic carbocycles. The Balaban J connectivity index is 2.78. The van der Waals surface area contributed by atoms with Crippen LogP contribution in [0.2, 0.25) is 0 Å². The summed E-state index contributed by atoms with van der Waals surface area (Å²) in [6.45, 7) is 2.82. The molecule has 1 aliphatic rings. The average molecular weight is 238 g/mol. The van der Waals surface area contributed by atoms with Gasteiger partial charge in [0.2, 0.25) is 11.8 Å². The molecule has 94 valence electrons. The highest BCUT2D eigenvalue weighted by Crippen LogP contribution is 2.13. The highest BCUT2D eigenvalue weighted by Gasteiger charge is 2.14. The van der Waals surface area contributed by atoms with E-state index in [1.54, 1.807) is 0 Å². The van der Waals surface area contributed by atoms with Crippen molar-refractivity contribution in [3.8, 4) is 0 Å². The predicted octanol–water partition coefficient (Wildman–Crippen LogP) is 0.935. The molecule has 1 aliphatic carbocycles. The standard InChI is InChI=1S/C11H18N4O2/c1-8(16)12-14-10-6-4-3-5-7-11(10)15-13-9(2)17/h3-7H2,1-2H3,(H,12,16)(H,13,17)/b14-10+,15-11+. The lowest BCUT2D eigenvalue weighted by molar-refractivity contribution is -0.119. The maximum atomic E-state index is 10.8. The summed E-state index contributed by atoms with van der Waals surface area (Å²) in [5, 5.41) is 8.07. The van der Waals surface area contributed by atoms with Gasteiger partial charge in [-0.3, -0.25) is 9.59 Å². The van der Waals surface area contributed by atoms with Crippen LogP contribution < -0.4 is 10.9 Å². The van der Waals surface area contributed by atoms with Crippen molar-refractivity contribution in [2.45, 2.75) is 46.0 Å². The minimum Gasteiger partial charge on any atom is -0.274 e. The van der Waals surface area contributed by atoms with Gasteiger partial charge in [-0.2, -0.15) is 10.2 Å². The second kappa shape index (κ2) is 6.78. The Morgan fingerprint density at radius 1 is 0.882 bits per heavy atom. The largest absolute Gasteiger partial charge is 0.274 e. The third-order valence-corrected chi connectivity index (χ3v) is 2.36. The molecule has 0 aromatic rings. The Labute approximate surface area is 101 Å². The number of hydrogen-bond donors (Lipinski definition) is 2. The third kappa shape index (κ3) is 5.24. The molecule has 6 nitrogen and oxygen atoms in total. The summed E-state index contributed by atoms with van der Waals surface area (Å²) < 4.78 is 0. The normalized spacial score (nSPS) is 21.1. The minimum absolute atomic E-state index is 0.208. The number of nitrogens with zero attached hydrogens (tertiary/aromatic N) is 2. The molecule has 1 rings (SSSR count). The summed E-state index contributed by atoms with van der Waals surface area (Å²) in [4.78, 5) is 21.6. The van der Waals surface area contributed by atoms with E-state index in [4.69, 9.17) is 0 Å². The highest BCUT2D eigenvalue weighted by atomic mass is 16.2. The molecular formula is C11H18N4O2. The van der Waals surface area contributed by atoms with Crippen molar-refractivity contribution >= 4 is 23.2 Å². The number of carbonyl (C=O) groups is 2. The molecule has 0 heterocycles. The Kier molecular flexibility index (Phi) is 5.32. The maximum Gasteiger partial charge on any atom is 0.236 e. The second-order valence-electron chi connectivity index (χ2n) is 4.01. The summed E-state index contributed by atoms with van der Waals surface area (Å²) in [7, 11) is 0. The van der Waals surface area contributed by atoms with Crippen molar-refractivity contribution in [3.63, 3.8) is 0 Å². The molecule has 0 spiro atoms. The first kappa shape index (κ1) is 13.3. The molecule has 17 heavy (non-hydrogen) atoms. The maximum absolute atomic E-state index is 10.8. The number of amides is 2. The minimum atomic E-state index is -0.208. The zero-order valence-corrected chi connectivity index (χ0v) is 10.2. The van der Waals surface area contributed by atoms with Crippen LogP contribution in [0.4, 0.5) is 0 Å². The van der Waals surface area contributed by atoms with Crippen LogP contribution >= 0.6 is 0 Å². The number of nitrogens with one attached hydrogen (secondary N) is 2. The van der Waals surface area contributed by atoms with Crippen molar-refractivity contribution in [1.82, 2.24) is 10.9 Å². The summed E-state index contributed by atoms with van der Waals surface area (Å²) in [6.07, 6.45) is 4.71. The molecule has 0 aliphatic heterocycles. The molecule has 0 bridgehead atoms. The first-order chi connectivity index (χ1) is 8.09. The van der Waals surface area contributed by atoms with Crippen LogP contribution in [0.1, 0.15) is 46.0 Å². The van der Waals surface area contributed by atoms with E-state index in [1.807, 2.05) is 0 Å². The first-order valence-electron chi connectivity index (χ1n) is 5.76. The third-order valence-electron chi connectivity index (χ3n) is 2.36. The second-order valence-corrected chi connectivity index (χ2v) is 4.01. The van der Waals surface area contributed by atoms with Crippen molar-refractivity contribution < 1.29 is 9.59 Å². The van der Waals surface area contributed by atoms with Crippen LogP contribution in [-0.2, 0) is 9.59 Å². The number of carbonyl (C=O) groups excluding carboxylic acids is 2. The molecule has 2 N–H and O–H groups in total. The summed E-state index contributed by atoms with van der Waals surface area (Å²) in [5.74, 6) is -0.416. The van der Waals surface area contributed by atoms with Crippen molar-refractivity contribution in [1.29, 1.82) is 0 Å². The van der Waals surface area contributed by atoms with Crippen molar-refractivity contribution in [2.75, 3.05) is 0 Å².